The van der Waals surface area contributed by atoms with Crippen molar-refractivity contribution >= 4 is 54.8 Å². The Labute approximate surface area is 133 Å². The molecule has 0 fully saturated rings. The molecule has 0 aliphatic carbocycles. The van der Waals surface area contributed by atoms with Crippen molar-refractivity contribution in [3.8, 4) is 0 Å². The lowest BCUT2D eigenvalue weighted by atomic mass is 9.97. The Bertz CT molecular complexity index is 568. The van der Waals surface area contributed by atoms with Gasteiger partial charge in [0.2, 0.25) is 0 Å². The average molecular weight is 410 g/mol. The van der Waals surface area contributed by atoms with Gasteiger partial charge in [-0.3, -0.25) is 0 Å². The van der Waals surface area contributed by atoms with Crippen LogP contribution in [0.2, 0.25) is 5.02 Å². The fourth-order valence-electron chi connectivity index (χ4n) is 1.95. The van der Waals surface area contributed by atoms with E-state index < -0.39 is 0 Å². The summed E-state index contributed by atoms with van der Waals surface area (Å²) in [5, 5.41) is 4.12. The summed E-state index contributed by atoms with van der Waals surface area (Å²) in [5.74, 6) is 0. The van der Waals surface area contributed by atoms with Crippen LogP contribution in [0.25, 0.3) is 0 Å². The standard InChI is InChI=1S/C13H12Br2ClNS/c1-7-3-4-8(16)5-9(7)12(17-2)10-6-11(14)18-13(10)15/h3-6,12,17H,1-2H3. The van der Waals surface area contributed by atoms with Crippen molar-refractivity contribution in [3.63, 3.8) is 0 Å². The molecule has 0 aliphatic rings. The van der Waals surface area contributed by atoms with Gasteiger partial charge in [-0.15, -0.1) is 11.3 Å². The summed E-state index contributed by atoms with van der Waals surface area (Å²) >= 11 is 14.9. The van der Waals surface area contributed by atoms with Crippen molar-refractivity contribution in [3.05, 3.63) is 53.6 Å². The van der Waals surface area contributed by atoms with Crippen molar-refractivity contribution in [2.75, 3.05) is 7.05 Å². The molecular formula is C13H12Br2ClNS. The normalized spacial score (nSPS) is 12.7. The maximum atomic E-state index is 6.10. The van der Waals surface area contributed by atoms with Crippen LogP contribution in [0.3, 0.4) is 0 Å². The lowest BCUT2D eigenvalue weighted by molar-refractivity contribution is 0.687. The topological polar surface area (TPSA) is 12.0 Å². The second-order valence-corrected chi connectivity index (χ2v) is 8.19. The summed E-state index contributed by atoms with van der Waals surface area (Å²) < 4.78 is 2.25. The molecule has 1 unspecified atom stereocenters. The third-order valence-electron chi connectivity index (χ3n) is 2.84. The van der Waals surface area contributed by atoms with E-state index in [9.17, 15) is 0 Å². The average Bonchev–Trinajstić information content (AvgIpc) is 2.64. The summed E-state index contributed by atoms with van der Waals surface area (Å²) in [4.78, 5) is 0. The van der Waals surface area contributed by atoms with Gasteiger partial charge < -0.3 is 5.32 Å². The van der Waals surface area contributed by atoms with Crippen LogP contribution in [-0.2, 0) is 0 Å². The van der Waals surface area contributed by atoms with E-state index in [4.69, 9.17) is 11.6 Å². The number of hydrogen-bond acceptors (Lipinski definition) is 2. The van der Waals surface area contributed by atoms with E-state index >= 15 is 0 Å². The van der Waals surface area contributed by atoms with Crippen LogP contribution in [0.1, 0.15) is 22.7 Å². The molecule has 0 bridgehead atoms. The molecular weight excluding hydrogens is 397 g/mol. The van der Waals surface area contributed by atoms with Crippen LogP contribution in [-0.4, -0.2) is 7.05 Å². The minimum absolute atomic E-state index is 0.139. The molecule has 0 saturated carbocycles. The molecule has 0 radical (unpaired) electrons. The minimum Gasteiger partial charge on any atom is -0.309 e. The van der Waals surface area contributed by atoms with Crippen molar-refractivity contribution in [1.82, 2.24) is 5.32 Å². The minimum atomic E-state index is 0.139. The third kappa shape index (κ3) is 2.99. The van der Waals surface area contributed by atoms with Gasteiger partial charge in [0.1, 0.15) is 0 Å². The SMILES string of the molecule is CNC(c1cc(Cl)ccc1C)c1cc(Br)sc1Br. The lowest BCUT2D eigenvalue weighted by Crippen LogP contribution is -2.18. The number of thiophene rings is 1. The van der Waals surface area contributed by atoms with E-state index in [2.05, 4.69) is 56.2 Å². The fourth-order valence-corrected chi connectivity index (χ4v) is 5.03. The first-order valence-corrected chi connectivity index (χ1v) is 8.19. The highest BCUT2D eigenvalue weighted by Gasteiger charge is 2.19. The van der Waals surface area contributed by atoms with Gasteiger partial charge in [-0.05, 0) is 80.7 Å². The second kappa shape index (κ2) is 6.06. The third-order valence-corrected chi connectivity index (χ3v) is 5.46. The van der Waals surface area contributed by atoms with Crippen LogP contribution in [0.4, 0.5) is 0 Å². The summed E-state index contributed by atoms with van der Waals surface area (Å²) in [5.41, 5.74) is 3.66. The predicted octanol–water partition coefficient (Wildman–Crippen LogP) is 5.54. The zero-order chi connectivity index (χ0) is 13.3. The maximum Gasteiger partial charge on any atom is 0.0761 e. The summed E-state index contributed by atoms with van der Waals surface area (Å²) in [7, 11) is 1.96. The Hall–Kier alpha value is 0.130. The summed E-state index contributed by atoms with van der Waals surface area (Å²) in [6.45, 7) is 2.10. The molecule has 2 aromatic rings. The highest BCUT2D eigenvalue weighted by atomic mass is 79.9. The molecule has 0 spiro atoms. The zero-order valence-corrected chi connectivity index (χ0v) is 14.7. The maximum absolute atomic E-state index is 6.10. The molecule has 0 aliphatic heterocycles. The van der Waals surface area contributed by atoms with E-state index in [1.54, 1.807) is 11.3 Å². The van der Waals surface area contributed by atoms with Crippen LogP contribution >= 0.6 is 54.8 Å². The fraction of sp³-hybridized carbons (Fsp3) is 0.231. The predicted molar refractivity (Wildman–Crippen MR) is 86.8 cm³/mol. The molecule has 2 rings (SSSR count). The van der Waals surface area contributed by atoms with E-state index in [0.29, 0.717) is 0 Å². The lowest BCUT2D eigenvalue weighted by Gasteiger charge is -2.19. The first kappa shape index (κ1) is 14.5. The second-order valence-electron chi connectivity index (χ2n) is 4.00. The van der Waals surface area contributed by atoms with Crippen LogP contribution in [0, 0.1) is 6.92 Å². The van der Waals surface area contributed by atoms with Crippen LogP contribution < -0.4 is 5.32 Å². The number of benzene rings is 1. The molecule has 1 atom stereocenters. The van der Waals surface area contributed by atoms with Gasteiger partial charge in [-0.25, -0.2) is 0 Å². The van der Waals surface area contributed by atoms with E-state index in [0.717, 1.165) is 12.6 Å². The Morgan fingerprint density at radius 2 is 1.94 bits per heavy atom. The molecule has 1 nitrogen and oxygen atoms in total. The number of rotatable bonds is 3. The Balaban J connectivity index is 2.51. The van der Waals surface area contributed by atoms with Gasteiger partial charge in [0.05, 0.1) is 13.6 Å². The van der Waals surface area contributed by atoms with Crippen molar-refractivity contribution in [1.29, 1.82) is 0 Å². The van der Waals surface area contributed by atoms with Crippen molar-refractivity contribution in [2.45, 2.75) is 13.0 Å². The number of hydrogen-bond donors (Lipinski definition) is 1. The number of halogens is 3. The zero-order valence-electron chi connectivity index (χ0n) is 9.93. The molecule has 96 valence electrons. The Kier molecular flexibility index (Phi) is 4.89. The van der Waals surface area contributed by atoms with Crippen LogP contribution in [0.5, 0.6) is 0 Å². The van der Waals surface area contributed by atoms with Gasteiger partial charge in [-0.1, -0.05) is 17.7 Å². The summed E-state index contributed by atoms with van der Waals surface area (Å²) in [6, 6.07) is 8.27. The first-order chi connectivity index (χ1) is 8.52. The van der Waals surface area contributed by atoms with Gasteiger partial charge in [-0.2, -0.15) is 0 Å². The van der Waals surface area contributed by atoms with Gasteiger partial charge >= 0.3 is 0 Å². The molecule has 0 saturated heterocycles. The monoisotopic (exact) mass is 407 g/mol. The number of aryl methyl sites for hydroxylation is 1. The van der Waals surface area contributed by atoms with Crippen molar-refractivity contribution < 1.29 is 0 Å². The molecule has 1 aromatic heterocycles. The van der Waals surface area contributed by atoms with Gasteiger partial charge in [0, 0.05) is 5.02 Å². The van der Waals surface area contributed by atoms with Gasteiger partial charge in [0.25, 0.3) is 0 Å². The molecule has 5 heteroatoms. The number of nitrogens with one attached hydrogen (secondary N) is 1. The van der Waals surface area contributed by atoms with E-state index in [-0.39, 0.29) is 6.04 Å². The van der Waals surface area contributed by atoms with E-state index in [1.165, 1.54) is 16.7 Å². The van der Waals surface area contributed by atoms with E-state index in [1.807, 2.05) is 19.2 Å². The molecule has 0 amide bonds. The Morgan fingerprint density at radius 1 is 1.22 bits per heavy atom. The largest absolute Gasteiger partial charge is 0.309 e. The molecule has 18 heavy (non-hydrogen) atoms. The van der Waals surface area contributed by atoms with Gasteiger partial charge in [0.15, 0.2) is 0 Å². The highest BCUT2D eigenvalue weighted by molar-refractivity contribution is 9.12. The quantitative estimate of drug-likeness (QED) is 0.701. The smallest absolute Gasteiger partial charge is 0.0761 e. The first-order valence-electron chi connectivity index (χ1n) is 5.41. The molecule has 1 heterocycles. The van der Waals surface area contributed by atoms with Crippen molar-refractivity contribution in [2.24, 2.45) is 0 Å². The summed E-state index contributed by atoms with van der Waals surface area (Å²) in [6.07, 6.45) is 0. The Morgan fingerprint density at radius 3 is 2.50 bits per heavy atom. The molecule has 1 aromatic carbocycles. The van der Waals surface area contributed by atoms with Crippen LogP contribution in [0.15, 0.2) is 31.8 Å². The molecule has 1 N–H and O–H groups in total. The highest BCUT2D eigenvalue weighted by Crippen LogP contribution is 2.38.